The van der Waals surface area contributed by atoms with Crippen LogP contribution in [-0.4, -0.2) is 19.1 Å². The molecule has 6 nitrogen and oxygen atoms in total. The summed E-state index contributed by atoms with van der Waals surface area (Å²) >= 11 is 0. The molecule has 0 radical (unpaired) electrons. The molecule has 0 amide bonds. The number of para-hydroxylation sites is 2. The van der Waals surface area contributed by atoms with Gasteiger partial charge in [-0.3, -0.25) is 10.1 Å². The fourth-order valence-corrected chi connectivity index (χ4v) is 2.62. The molecule has 0 aromatic heterocycles. The fraction of sp³-hybridized carbons (Fsp3) is 0.176. The summed E-state index contributed by atoms with van der Waals surface area (Å²) < 4.78 is 16.5. The van der Waals surface area contributed by atoms with Crippen LogP contribution in [0.2, 0.25) is 0 Å². The maximum atomic E-state index is 11.5. The number of methoxy groups -OCH3 is 2. The van der Waals surface area contributed by atoms with E-state index >= 15 is 0 Å². The van der Waals surface area contributed by atoms with Crippen molar-refractivity contribution >= 4 is 6.08 Å². The summed E-state index contributed by atoms with van der Waals surface area (Å²) in [7, 11) is 3.01. The van der Waals surface area contributed by atoms with Crippen molar-refractivity contribution in [2.75, 3.05) is 14.2 Å². The monoisotopic (exact) mass is 313 g/mol. The minimum absolute atomic E-state index is 0.0461. The van der Waals surface area contributed by atoms with Crippen molar-refractivity contribution in [3.63, 3.8) is 0 Å². The molecule has 0 saturated heterocycles. The zero-order valence-electron chi connectivity index (χ0n) is 12.7. The van der Waals surface area contributed by atoms with E-state index in [4.69, 9.17) is 14.2 Å². The van der Waals surface area contributed by atoms with E-state index in [2.05, 4.69) is 0 Å². The third-order valence-electron chi connectivity index (χ3n) is 3.66. The third-order valence-corrected chi connectivity index (χ3v) is 3.66. The lowest BCUT2D eigenvalue weighted by molar-refractivity contribution is -0.434. The highest BCUT2D eigenvalue weighted by Crippen LogP contribution is 2.43. The normalized spacial score (nSPS) is 15.9. The zero-order chi connectivity index (χ0) is 16.4. The van der Waals surface area contributed by atoms with Crippen molar-refractivity contribution in [2.45, 2.75) is 6.10 Å². The number of nitrogens with zero attached hydrogens (tertiary/aromatic N) is 1. The maximum absolute atomic E-state index is 11.5. The van der Waals surface area contributed by atoms with Gasteiger partial charge >= 0.3 is 0 Å². The first kappa shape index (κ1) is 14.9. The Morgan fingerprint density at radius 3 is 2.57 bits per heavy atom. The van der Waals surface area contributed by atoms with Gasteiger partial charge in [0.25, 0.3) is 5.70 Å². The fourth-order valence-electron chi connectivity index (χ4n) is 2.62. The van der Waals surface area contributed by atoms with E-state index in [0.29, 0.717) is 28.4 Å². The lowest BCUT2D eigenvalue weighted by atomic mass is 10.00. The van der Waals surface area contributed by atoms with Crippen molar-refractivity contribution in [2.24, 2.45) is 0 Å². The Balaban J connectivity index is 2.15. The molecular formula is C17H15NO5. The van der Waals surface area contributed by atoms with Gasteiger partial charge in [0.2, 0.25) is 6.10 Å². The van der Waals surface area contributed by atoms with Gasteiger partial charge in [-0.05, 0) is 12.1 Å². The molecule has 1 heterocycles. The number of fused-ring (bicyclic) bond motifs is 1. The van der Waals surface area contributed by atoms with E-state index in [9.17, 15) is 10.1 Å². The average molecular weight is 313 g/mol. The second-order valence-electron chi connectivity index (χ2n) is 4.94. The second kappa shape index (κ2) is 6.00. The Hall–Kier alpha value is -3.02. The molecule has 118 valence electrons. The minimum Gasteiger partial charge on any atom is -0.493 e. The molecule has 3 rings (SSSR count). The maximum Gasteiger partial charge on any atom is 0.291 e. The van der Waals surface area contributed by atoms with Gasteiger partial charge in [-0.15, -0.1) is 0 Å². The summed E-state index contributed by atoms with van der Waals surface area (Å²) in [5.41, 5.74) is 1.18. The topological polar surface area (TPSA) is 70.8 Å². The Kier molecular flexibility index (Phi) is 3.89. The number of ether oxygens (including phenoxy) is 3. The van der Waals surface area contributed by atoms with E-state index in [0.717, 1.165) is 0 Å². The van der Waals surface area contributed by atoms with Gasteiger partial charge in [-0.2, -0.15) is 0 Å². The number of hydrogen-bond donors (Lipinski definition) is 0. The van der Waals surface area contributed by atoms with Crippen LogP contribution in [0, 0.1) is 10.1 Å². The Morgan fingerprint density at radius 1 is 1.09 bits per heavy atom. The van der Waals surface area contributed by atoms with Gasteiger partial charge in [-0.25, -0.2) is 0 Å². The first-order valence-corrected chi connectivity index (χ1v) is 6.98. The average Bonchev–Trinajstić information content (AvgIpc) is 2.59. The van der Waals surface area contributed by atoms with Crippen LogP contribution < -0.4 is 14.2 Å². The molecule has 2 aromatic carbocycles. The van der Waals surface area contributed by atoms with Crippen LogP contribution in [0.5, 0.6) is 17.2 Å². The smallest absolute Gasteiger partial charge is 0.291 e. The van der Waals surface area contributed by atoms with E-state index in [-0.39, 0.29) is 5.70 Å². The molecule has 0 bridgehead atoms. The Labute approximate surface area is 133 Å². The number of rotatable bonds is 4. The van der Waals surface area contributed by atoms with E-state index in [1.54, 1.807) is 30.3 Å². The largest absolute Gasteiger partial charge is 0.493 e. The molecule has 0 N–H and O–H groups in total. The molecule has 1 unspecified atom stereocenters. The van der Waals surface area contributed by atoms with Gasteiger partial charge < -0.3 is 14.2 Å². The molecule has 0 spiro atoms. The van der Waals surface area contributed by atoms with Gasteiger partial charge in [-0.1, -0.05) is 30.3 Å². The summed E-state index contributed by atoms with van der Waals surface area (Å²) in [6, 6.07) is 12.4. The Bertz CT molecular complexity index is 784. The molecule has 2 aromatic rings. The molecule has 1 atom stereocenters. The third kappa shape index (κ3) is 2.59. The van der Waals surface area contributed by atoms with E-state index in [1.165, 1.54) is 20.3 Å². The van der Waals surface area contributed by atoms with Crippen LogP contribution in [0.1, 0.15) is 17.2 Å². The van der Waals surface area contributed by atoms with Crippen LogP contribution in [0.3, 0.4) is 0 Å². The highest BCUT2D eigenvalue weighted by Gasteiger charge is 2.35. The molecule has 0 fully saturated rings. The van der Waals surface area contributed by atoms with Crippen molar-refractivity contribution in [1.82, 2.24) is 0 Å². The van der Waals surface area contributed by atoms with Crippen LogP contribution in [0.4, 0.5) is 0 Å². The van der Waals surface area contributed by atoms with Crippen molar-refractivity contribution < 1.29 is 19.1 Å². The summed E-state index contributed by atoms with van der Waals surface area (Å²) in [5.74, 6) is 1.51. The van der Waals surface area contributed by atoms with Gasteiger partial charge in [0.1, 0.15) is 5.75 Å². The van der Waals surface area contributed by atoms with E-state index < -0.39 is 11.0 Å². The lowest BCUT2D eigenvalue weighted by Crippen LogP contribution is -2.20. The van der Waals surface area contributed by atoms with Crippen molar-refractivity contribution in [1.29, 1.82) is 0 Å². The SMILES string of the molecule is COc1cccc(C2Oc3ccccc3C=C2[N+](=O)[O-])c1OC. The number of benzene rings is 2. The quantitative estimate of drug-likeness (QED) is 0.638. The first-order chi connectivity index (χ1) is 11.2. The predicted molar refractivity (Wildman–Crippen MR) is 84.3 cm³/mol. The standard InChI is InChI=1S/C17H15NO5/c1-21-15-9-5-7-12(17(15)22-2)16-13(18(19)20)10-11-6-3-4-8-14(11)23-16/h3-10,16H,1-2H3. The Morgan fingerprint density at radius 2 is 1.87 bits per heavy atom. The van der Waals surface area contributed by atoms with Crippen LogP contribution >= 0.6 is 0 Å². The molecule has 0 saturated carbocycles. The number of nitro groups is 1. The highest BCUT2D eigenvalue weighted by molar-refractivity contribution is 5.63. The molecular weight excluding hydrogens is 298 g/mol. The summed E-state index contributed by atoms with van der Waals surface area (Å²) in [5, 5.41) is 11.5. The molecule has 1 aliphatic rings. The molecule has 23 heavy (non-hydrogen) atoms. The van der Waals surface area contributed by atoms with Gasteiger partial charge in [0, 0.05) is 17.2 Å². The van der Waals surface area contributed by atoms with Crippen LogP contribution in [0.25, 0.3) is 6.08 Å². The van der Waals surface area contributed by atoms with Gasteiger partial charge in [0.05, 0.1) is 19.1 Å². The highest BCUT2D eigenvalue weighted by atomic mass is 16.6. The summed E-state index contributed by atoms with van der Waals surface area (Å²) in [6.07, 6.45) is 0.660. The van der Waals surface area contributed by atoms with Crippen molar-refractivity contribution in [3.8, 4) is 17.2 Å². The van der Waals surface area contributed by atoms with Crippen molar-refractivity contribution in [3.05, 3.63) is 69.4 Å². The summed E-state index contributed by atoms with van der Waals surface area (Å²) in [4.78, 5) is 11.1. The predicted octanol–water partition coefficient (Wildman–Crippen LogP) is 3.46. The molecule has 1 aliphatic heterocycles. The minimum atomic E-state index is -0.870. The lowest BCUT2D eigenvalue weighted by Gasteiger charge is -2.24. The molecule has 0 aliphatic carbocycles. The van der Waals surface area contributed by atoms with Gasteiger partial charge in [0.15, 0.2) is 11.5 Å². The summed E-state index contributed by atoms with van der Waals surface area (Å²) in [6.45, 7) is 0. The number of hydrogen-bond acceptors (Lipinski definition) is 5. The molecule has 6 heteroatoms. The van der Waals surface area contributed by atoms with Crippen LogP contribution in [-0.2, 0) is 0 Å². The zero-order valence-corrected chi connectivity index (χ0v) is 12.7. The van der Waals surface area contributed by atoms with Crippen LogP contribution in [0.15, 0.2) is 48.2 Å². The van der Waals surface area contributed by atoms with E-state index in [1.807, 2.05) is 12.1 Å². The second-order valence-corrected chi connectivity index (χ2v) is 4.94. The first-order valence-electron chi connectivity index (χ1n) is 6.98.